The van der Waals surface area contributed by atoms with Gasteiger partial charge in [0.25, 0.3) is 0 Å². The fourth-order valence-corrected chi connectivity index (χ4v) is 5.07. The lowest BCUT2D eigenvalue weighted by atomic mass is 9.93. The zero-order chi connectivity index (χ0) is 18.8. The van der Waals surface area contributed by atoms with Gasteiger partial charge in [-0.05, 0) is 66.4 Å². The second-order valence-corrected chi connectivity index (χ2v) is 8.57. The molecule has 0 unspecified atom stereocenters. The monoisotopic (exact) mass is 399 g/mol. The molecule has 0 atom stereocenters. The number of rotatable bonds is 3. The molecule has 2 aliphatic rings. The van der Waals surface area contributed by atoms with Crippen molar-refractivity contribution in [1.29, 1.82) is 0 Å². The maximum absolute atomic E-state index is 11.2. The fourth-order valence-electron chi connectivity index (χ4n) is 3.85. The summed E-state index contributed by atoms with van der Waals surface area (Å²) in [5.74, 6) is 0.0985. The zero-order valence-corrected chi connectivity index (χ0v) is 16.6. The van der Waals surface area contributed by atoms with Crippen LogP contribution in [0.4, 0.5) is 0 Å². The van der Waals surface area contributed by atoms with Crippen molar-refractivity contribution >= 4 is 34.9 Å². The summed E-state index contributed by atoms with van der Waals surface area (Å²) in [6.07, 6.45) is 3.75. The second-order valence-electron chi connectivity index (χ2n) is 7.12. The predicted octanol–water partition coefficient (Wildman–Crippen LogP) is 5.17. The van der Waals surface area contributed by atoms with Crippen molar-refractivity contribution in [3.8, 4) is 0 Å². The highest BCUT2D eigenvalue weighted by molar-refractivity contribution is 7.98. The quantitative estimate of drug-likeness (QED) is 0.772. The van der Waals surface area contributed by atoms with Crippen LogP contribution in [0.1, 0.15) is 29.5 Å². The molecule has 27 heavy (non-hydrogen) atoms. The van der Waals surface area contributed by atoms with Crippen molar-refractivity contribution in [3.63, 3.8) is 0 Å². The average molecular weight is 400 g/mol. The molecular weight excluding hydrogens is 378 g/mol. The van der Waals surface area contributed by atoms with Crippen LogP contribution in [0.3, 0.4) is 0 Å². The number of fused-ring (bicyclic) bond motifs is 2. The van der Waals surface area contributed by atoms with E-state index < -0.39 is 5.97 Å². The molecule has 3 nitrogen and oxygen atoms in total. The van der Waals surface area contributed by atoms with Gasteiger partial charge in [-0.25, -0.2) is 0 Å². The molecule has 1 fully saturated rings. The first kappa shape index (κ1) is 18.6. The Balaban J connectivity index is 1.64. The lowest BCUT2D eigenvalue weighted by Crippen LogP contribution is -2.36. The van der Waals surface area contributed by atoms with Crippen LogP contribution < -0.4 is 0 Å². The minimum atomic E-state index is -0.661. The van der Waals surface area contributed by atoms with E-state index in [2.05, 4.69) is 47.4 Å². The summed E-state index contributed by atoms with van der Waals surface area (Å²) >= 11 is 8.17. The van der Waals surface area contributed by atoms with E-state index in [0.29, 0.717) is 0 Å². The van der Waals surface area contributed by atoms with Gasteiger partial charge >= 0.3 is 5.97 Å². The number of carboxylic acid groups (broad SMARTS) is 1. The predicted molar refractivity (Wildman–Crippen MR) is 111 cm³/mol. The highest BCUT2D eigenvalue weighted by Gasteiger charge is 2.24. The number of halogens is 1. The van der Waals surface area contributed by atoms with Gasteiger partial charge in [-0.1, -0.05) is 41.9 Å². The standard InChI is InChI=1S/C22H22ClNO2S/c23-17-5-6-21-20(13-17)19(18-4-2-1-3-16(18)14-27-21)9-12-24-10-7-15(8-11-24)22(25)26/h1-6,9,13,15H,7-8,10-12,14H2,(H,25,26)/b19-9+. The van der Waals surface area contributed by atoms with Gasteiger partial charge < -0.3 is 5.11 Å². The smallest absolute Gasteiger partial charge is 0.306 e. The number of carboxylic acids is 1. The van der Waals surface area contributed by atoms with Gasteiger partial charge in [-0.2, -0.15) is 0 Å². The molecule has 5 heteroatoms. The molecule has 1 saturated heterocycles. The lowest BCUT2D eigenvalue weighted by Gasteiger charge is -2.29. The van der Waals surface area contributed by atoms with E-state index in [9.17, 15) is 9.90 Å². The highest BCUT2D eigenvalue weighted by atomic mass is 35.5. The van der Waals surface area contributed by atoms with Gasteiger partial charge in [0.2, 0.25) is 0 Å². The van der Waals surface area contributed by atoms with Crippen molar-refractivity contribution in [2.24, 2.45) is 5.92 Å². The SMILES string of the molecule is O=C(O)C1CCN(C/C=C2\c3ccccc3CSc3ccc(Cl)cc32)CC1. The molecule has 0 bridgehead atoms. The Morgan fingerprint density at radius 1 is 1.19 bits per heavy atom. The summed E-state index contributed by atoms with van der Waals surface area (Å²) in [6, 6.07) is 14.7. The number of thioether (sulfide) groups is 1. The molecule has 4 rings (SSSR count). The molecule has 2 aromatic carbocycles. The summed E-state index contributed by atoms with van der Waals surface area (Å²) in [7, 11) is 0. The van der Waals surface area contributed by atoms with E-state index in [1.165, 1.54) is 27.2 Å². The number of aliphatic carboxylic acids is 1. The molecule has 0 aliphatic carbocycles. The molecule has 2 heterocycles. The highest BCUT2D eigenvalue weighted by Crippen LogP contribution is 2.41. The van der Waals surface area contributed by atoms with Crippen LogP contribution >= 0.6 is 23.4 Å². The molecular formula is C22H22ClNO2S. The first-order chi connectivity index (χ1) is 13.1. The maximum Gasteiger partial charge on any atom is 0.306 e. The zero-order valence-electron chi connectivity index (χ0n) is 15.0. The van der Waals surface area contributed by atoms with Crippen molar-refractivity contribution < 1.29 is 9.90 Å². The Hall–Kier alpha value is -1.75. The third-order valence-corrected chi connectivity index (χ3v) is 6.77. The first-order valence-electron chi connectivity index (χ1n) is 9.28. The summed E-state index contributed by atoms with van der Waals surface area (Å²) in [5, 5.41) is 9.94. The number of benzene rings is 2. The Morgan fingerprint density at radius 2 is 1.96 bits per heavy atom. The summed E-state index contributed by atoms with van der Waals surface area (Å²) in [6.45, 7) is 2.49. The van der Waals surface area contributed by atoms with Gasteiger partial charge in [0, 0.05) is 22.2 Å². The third kappa shape index (κ3) is 4.08. The summed E-state index contributed by atoms with van der Waals surface area (Å²) < 4.78 is 0. The molecule has 140 valence electrons. The average Bonchev–Trinajstić information content (AvgIpc) is 2.83. The van der Waals surface area contributed by atoms with Gasteiger partial charge in [-0.3, -0.25) is 9.69 Å². The van der Waals surface area contributed by atoms with E-state index in [1.54, 1.807) is 0 Å². The van der Waals surface area contributed by atoms with Crippen LogP contribution in [0.15, 0.2) is 53.4 Å². The summed E-state index contributed by atoms with van der Waals surface area (Å²) in [5.41, 5.74) is 5.03. The van der Waals surface area contributed by atoms with Crippen molar-refractivity contribution in [2.45, 2.75) is 23.5 Å². The lowest BCUT2D eigenvalue weighted by molar-refractivity contribution is -0.143. The number of hydrogen-bond acceptors (Lipinski definition) is 3. The Morgan fingerprint density at radius 3 is 2.74 bits per heavy atom. The van der Waals surface area contributed by atoms with Crippen LogP contribution in [0.2, 0.25) is 5.02 Å². The van der Waals surface area contributed by atoms with E-state index in [4.69, 9.17) is 11.6 Å². The van der Waals surface area contributed by atoms with Gasteiger partial charge in [0.05, 0.1) is 5.92 Å². The fraction of sp³-hybridized carbons (Fsp3) is 0.318. The molecule has 0 saturated carbocycles. The molecule has 1 N–H and O–H groups in total. The molecule has 0 spiro atoms. The van der Waals surface area contributed by atoms with Gasteiger partial charge in [0.15, 0.2) is 0 Å². The number of nitrogens with zero attached hydrogens (tertiary/aromatic N) is 1. The van der Waals surface area contributed by atoms with Crippen LogP contribution in [-0.4, -0.2) is 35.6 Å². The van der Waals surface area contributed by atoms with E-state index >= 15 is 0 Å². The minimum Gasteiger partial charge on any atom is -0.481 e. The minimum absolute atomic E-state index is 0.191. The first-order valence-corrected chi connectivity index (χ1v) is 10.6. The Bertz CT molecular complexity index is 888. The van der Waals surface area contributed by atoms with Crippen LogP contribution in [0.5, 0.6) is 0 Å². The van der Waals surface area contributed by atoms with Crippen molar-refractivity contribution in [3.05, 3.63) is 70.3 Å². The maximum atomic E-state index is 11.2. The number of carbonyl (C=O) groups is 1. The van der Waals surface area contributed by atoms with Gasteiger partial charge in [-0.15, -0.1) is 11.8 Å². The van der Waals surface area contributed by atoms with Crippen LogP contribution in [-0.2, 0) is 10.5 Å². The Labute approximate surface area is 169 Å². The number of likely N-dealkylation sites (tertiary alicyclic amines) is 1. The third-order valence-electron chi connectivity index (χ3n) is 5.41. The molecule has 2 aliphatic heterocycles. The van der Waals surface area contributed by atoms with Crippen LogP contribution in [0.25, 0.3) is 5.57 Å². The normalized spacial score (nSPS) is 19.4. The summed E-state index contributed by atoms with van der Waals surface area (Å²) in [4.78, 5) is 14.8. The topological polar surface area (TPSA) is 40.5 Å². The largest absolute Gasteiger partial charge is 0.481 e. The van der Waals surface area contributed by atoms with Crippen molar-refractivity contribution in [2.75, 3.05) is 19.6 Å². The number of piperidine rings is 1. The van der Waals surface area contributed by atoms with E-state index in [1.807, 2.05) is 17.8 Å². The molecule has 2 aromatic rings. The molecule has 0 aromatic heterocycles. The number of hydrogen-bond donors (Lipinski definition) is 1. The Kier molecular flexibility index (Phi) is 5.58. The van der Waals surface area contributed by atoms with Crippen molar-refractivity contribution in [1.82, 2.24) is 4.90 Å². The van der Waals surface area contributed by atoms with E-state index in [0.717, 1.165) is 43.3 Å². The van der Waals surface area contributed by atoms with Crippen LogP contribution in [0, 0.1) is 5.92 Å². The van der Waals surface area contributed by atoms with Gasteiger partial charge in [0.1, 0.15) is 0 Å². The molecule has 0 amide bonds. The van der Waals surface area contributed by atoms with E-state index in [-0.39, 0.29) is 5.92 Å². The second kappa shape index (κ2) is 8.09. The molecule has 0 radical (unpaired) electrons.